The fourth-order valence-corrected chi connectivity index (χ4v) is 9.38. The summed E-state index contributed by atoms with van der Waals surface area (Å²) >= 11 is 1.83. The molecule has 0 atom stereocenters. The minimum atomic E-state index is 0.840. The number of hydrogen-bond acceptors (Lipinski definition) is 4. The SMILES string of the molecule is Cc1cc2c(c(-c3c(-c4ccccc4-c4ccccc4)nnnc3-c3c(-c4ccccc4)ccc4sc5ccccc5c34)c1C)Cc1ccccc1-2. The Morgan fingerprint density at radius 1 is 0.481 bits per heavy atom. The first-order chi connectivity index (χ1) is 25.7. The van der Waals surface area contributed by atoms with E-state index in [-0.39, 0.29) is 0 Å². The molecule has 2 heterocycles. The van der Waals surface area contributed by atoms with Gasteiger partial charge in [-0.2, -0.15) is 0 Å². The number of aryl methyl sites for hydroxylation is 1. The molecule has 0 bridgehead atoms. The highest BCUT2D eigenvalue weighted by Gasteiger charge is 2.31. The predicted octanol–water partition coefficient (Wildman–Crippen LogP) is 12.8. The molecule has 246 valence electrons. The van der Waals surface area contributed by atoms with Crippen molar-refractivity contribution in [2.24, 2.45) is 0 Å². The first-order valence-corrected chi connectivity index (χ1v) is 18.6. The zero-order valence-electron chi connectivity index (χ0n) is 28.9. The van der Waals surface area contributed by atoms with Crippen LogP contribution >= 0.6 is 11.3 Å². The quantitative estimate of drug-likeness (QED) is 0.181. The van der Waals surface area contributed by atoms with Gasteiger partial charge in [0.25, 0.3) is 0 Å². The number of nitrogens with zero attached hydrogens (tertiary/aromatic N) is 3. The predicted molar refractivity (Wildman–Crippen MR) is 218 cm³/mol. The van der Waals surface area contributed by atoms with E-state index in [2.05, 4.69) is 171 Å². The number of thiophene rings is 1. The average Bonchev–Trinajstić information content (AvgIpc) is 3.77. The summed E-state index contributed by atoms with van der Waals surface area (Å²) in [7, 11) is 0. The minimum Gasteiger partial charge on any atom is -0.135 e. The second kappa shape index (κ2) is 12.2. The number of aromatic nitrogens is 3. The van der Waals surface area contributed by atoms with Crippen LogP contribution in [0.4, 0.5) is 0 Å². The molecule has 0 spiro atoms. The van der Waals surface area contributed by atoms with Crippen molar-refractivity contribution in [1.82, 2.24) is 15.4 Å². The Morgan fingerprint density at radius 2 is 1.12 bits per heavy atom. The zero-order valence-corrected chi connectivity index (χ0v) is 29.7. The van der Waals surface area contributed by atoms with E-state index in [4.69, 9.17) is 10.2 Å². The highest BCUT2D eigenvalue weighted by atomic mass is 32.1. The van der Waals surface area contributed by atoms with Crippen molar-refractivity contribution in [3.8, 4) is 67.0 Å². The van der Waals surface area contributed by atoms with Gasteiger partial charge in [-0.25, -0.2) is 0 Å². The van der Waals surface area contributed by atoms with Crippen molar-refractivity contribution in [2.45, 2.75) is 20.3 Å². The maximum absolute atomic E-state index is 5.13. The fourth-order valence-electron chi connectivity index (χ4n) is 8.26. The normalized spacial score (nSPS) is 12.0. The van der Waals surface area contributed by atoms with Crippen molar-refractivity contribution in [1.29, 1.82) is 0 Å². The Hall–Kier alpha value is -6.23. The Morgan fingerprint density at radius 3 is 1.90 bits per heavy atom. The zero-order chi connectivity index (χ0) is 34.8. The molecule has 1 aliphatic carbocycles. The summed E-state index contributed by atoms with van der Waals surface area (Å²) in [4.78, 5) is 0. The van der Waals surface area contributed by atoms with Crippen molar-refractivity contribution in [3.05, 3.63) is 174 Å². The van der Waals surface area contributed by atoms with Crippen LogP contribution < -0.4 is 0 Å². The molecule has 9 aromatic rings. The molecule has 2 aromatic heterocycles. The van der Waals surface area contributed by atoms with Crippen molar-refractivity contribution >= 4 is 31.5 Å². The molecule has 0 fully saturated rings. The number of benzene rings is 7. The molecule has 0 unspecified atom stereocenters. The van der Waals surface area contributed by atoms with E-state index in [0.717, 1.165) is 56.8 Å². The summed E-state index contributed by atoms with van der Waals surface area (Å²) in [5.74, 6) is 0. The van der Waals surface area contributed by atoms with Gasteiger partial charge in [-0.1, -0.05) is 140 Å². The number of rotatable bonds is 5. The van der Waals surface area contributed by atoms with E-state index in [0.29, 0.717) is 0 Å². The molecular formula is C48H33N3S. The largest absolute Gasteiger partial charge is 0.135 e. The maximum atomic E-state index is 5.13. The van der Waals surface area contributed by atoms with E-state index in [1.165, 1.54) is 59.1 Å². The molecule has 0 amide bonds. The summed E-state index contributed by atoms with van der Waals surface area (Å²) in [6.07, 6.45) is 0.848. The van der Waals surface area contributed by atoms with Gasteiger partial charge in [0.05, 0.1) is 0 Å². The van der Waals surface area contributed by atoms with E-state index in [1.807, 2.05) is 11.3 Å². The van der Waals surface area contributed by atoms with Crippen LogP contribution in [-0.4, -0.2) is 15.4 Å². The molecule has 0 radical (unpaired) electrons. The molecule has 3 nitrogen and oxygen atoms in total. The highest BCUT2D eigenvalue weighted by molar-refractivity contribution is 7.26. The van der Waals surface area contributed by atoms with E-state index < -0.39 is 0 Å². The summed E-state index contributed by atoms with van der Waals surface area (Å²) in [6.45, 7) is 4.51. The van der Waals surface area contributed by atoms with Gasteiger partial charge in [-0.3, -0.25) is 0 Å². The second-order valence-corrected chi connectivity index (χ2v) is 14.7. The molecule has 0 saturated heterocycles. The Bertz CT molecular complexity index is 2840. The molecular weight excluding hydrogens is 651 g/mol. The summed E-state index contributed by atoms with van der Waals surface area (Å²) in [5, 5.41) is 17.2. The van der Waals surface area contributed by atoms with Crippen LogP contribution in [0.15, 0.2) is 152 Å². The van der Waals surface area contributed by atoms with Crippen molar-refractivity contribution < 1.29 is 0 Å². The van der Waals surface area contributed by atoms with Crippen LogP contribution in [0.3, 0.4) is 0 Å². The van der Waals surface area contributed by atoms with Gasteiger partial charge in [0, 0.05) is 36.9 Å². The first kappa shape index (κ1) is 30.6. The van der Waals surface area contributed by atoms with Gasteiger partial charge in [-0.15, -0.1) is 21.5 Å². The lowest BCUT2D eigenvalue weighted by Crippen LogP contribution is -2.05. The smallest absolute Gasteiger partial charge is 0.106 e. The van der Waals surface area contributed by atoms with Crippen LogP contribution in [0.1, 0.15) is 22.3 Å². The molecule has 4 heteroatoms. The molecule has 1 aliphatic rings. The monoisotopic (exact) mass is 683 g/mol. The summed E-state index contributed by atoms with van der Waals surface area (Å²) in [6, 6.07) is 54.4. The summed E-state index contributed by atoms with van der Waals surface area (Å²) in [5.41, 5.74) is 18.3. The lowest BCUT2D eigenvalue weighted by atomic mass is 9.82. The third-order valence-corrected chi connectivity index (χ3v) is 11.9. The Kier molecular flexibility index (Phi) is 7.19. The van der Waals surface area contributed by atoms with E-state index in [9.17, 15) is 0 Å². The van der Waals surface area contributed by atoms with Gasteiger partial charge in [0.1, 0.15) is 11.4 Å². The molecule has 52 heavy (non-hydrogen) atoms. The van der Waals surface area contributed by atoms with E-state index in [1.54, 1.807) is 0 Å². The lowest BCUT2D eigenvalue weighted by molar-refractivity contribution is 0.879. The third kappa shape index (κ3) is 4.75. The summed E-state index contributed by atoms with van der Waals surface area (Å²) < 4.78 is 2.48. The van der Waals surface area contributed by atoms with Crippen LogP contribution in [0.5, 0.6) is 0 Å². The molecule has 7 aromatic carbocycles. The Balaban J connectivity index is 1.39. The van der Waals surface area contributed by atoms with Gasteiger partial charge in [-0.05, 0) is 98.8 Å². The maximum Gasteiger partial charge on any atom is 0.106 e. The van der Waals surface area contributed by atoms with Crippen molar-refractivity contribution in [2.75, 3.05) is 0 Å². The number of hydrogen-bond donors (Lipinski definition) is 0. The fraction of sp³-hybridized carbons (Fsp3) is 0.0625. The van der Waals surface area contributed by atoms with Gasteiger partial charge in [0.2, 0.25) is 0 Å². The molecule has 0 aliphatic heterocycles. The van der Waals surface area contributed by atoms with Crippen LogP contribution in [0.25, 0.3) is 87.2 Å². The second-order valence-electron chi connectivity index (χ2n) is 13.7. The standard InChI is InChI=1S/C48H33N3S/c1-29-27-39-35-21-10-9-19-33(35)28-40(39)43(30(29)2)46-47(37-22-12-11-20-34(37)31-15-5-3-6-16-31)49-51-50-48(46)45-36(32-17-7-4-8-18-32)25-26-42-44(45)38-23-13-14-24-41(38)52-42/h3-27H,28H2,1-2H3. The third-order valence-electron chi connectivity index (χ3n) is 10.8. The van der Waals surface area contributed by atoms with Crippen LogP contribution in [0.2, 0.25) is 0 Å². The van der Waals surface area contributed by atoms with Gasteiger partial charge < -0.3 is 0 Å². The highest BCUT2D eigenvalue weighted by Crippen LogP contribution is 2.52. The molecule has 10 rings (SSSR count). The average molecular weight is 684 g/mol. The van der Waals surface area contributed by atoms with Crippen LogP contribution in [-0.2, 0) is 6.42 Å². The topological polar surface area (TPSA) is 38.7 Å². The minimum absolute atomic E-state index is 0.840. The lowest BCUT2D eigenvalue weighted by Gasteiger charge is -2.22. The van der Waals surface area contributed by atoms with E-state index >= 15 is 0 Å². The van der Waals surface area contributed by atoms with Gasteiger partial charge >= 0.3 is 0 Å². The Labute approximate surface area is 306 Å². The van der Waals surface area contributed by atoms with Crippen LogP contribution in [0, 0.1) is 13.8 Å². The van der Waals surface area contributed by atoms with Gasteiger partial charge in [0.15, 0.2) is 0 Å². The number of fused-ring (bicyclic) bond motifs is 6. The van der Waals surface area contributed by atoms with Crippen molar-refractivity contribution in [3.63, 3.8) is 0 Å². The molecule has 0 N–H and O–H groups in total. The first-order valence-electron chi connectivity index (χ1n) is 17.8. The molecule has 0 saturated carbocycles.